The van der Waals surface area contributed by atoms with Gasteiger partial charge < -0.3 is 9.64 Å². The minimum atomic E-state index is -3.72. The first-order valence-electron chi connectivity index (χ1n) is 8.86. The molecule has 0 bridgehead atoms. The Morgan fingerprint density at radius 2 is 1.82 bits per heavy atom. The van der Waals surface area contributed by atoms with E-state index in [4.69, 9.17) is 16.3 Å². The molecule has 1 fully saturated rings. The number of nitrogens with zero attached hydrogens (tertiary/aromatic N) is 3. The van der Waals surface area contributed by atoms with Gasteiger partial charge in [0.25, 0.3) is 10.2 Å². The molecule has 6 nitrogen and oxygen atoms in total. The van der Waals surface area contributed by atoms with Crippen LogP contribution in [-0.4, -0.2) is 57.4 Å². The largest absolute Gasteiger partial charge is 0.497 e. The van der Waals surface area contributed by atoms with Gasteiger partial charge >= 0.3 is 0 Å². The van der Waals surface area contributed by atoms with Gasteiger partial charge in [-0.2, -0.15) is 17.0 Å². The van der Waals surface area contributed by atoms with Crippen molar-refractivity contribution in [3.8, 4) is 5.75 Å². The van der Waals surface area contributed by atoms with Crippen LogP contribution in [0.15, 0.2) is 42.5 Å². The maximum Gasteiger partial charge on any atom is 0.282 e. The summed E-state index contributed by atoms with van der Waals surface area (Å²) in [6.45, 7) is 1.68. The second-order valence-corrected chi connectivity index (χ2v) is 8.99. The van der Waals surface area contributed by atoms with Crippen LogP contribution in [0.1, 0.15) is 5.56 Å². The van der Waals surface area contributed by atoms with Crippen LogP contribution >= 0.6 is 11.6 Å². The molecule has 3 rings (SSSR count). The SMILES string of the molecule is COc1cccc(N2CCN(S(=O)(=O)N(C)Cc3c(F)cccc3Cl)CC2)c1. The van der Waals surface area contributed by atoms with Crippen molar-refractivity contribution in [1.29, 1.82) is 0 Å². The van der Waals surface area contributed by atoms with Crippen LogP contribution in [0, 0.1) is 5.82 Å². The van der Waals surface area contributed by atoms with E-state index in [0.717, 1.165) is 15.7 Å². The van der Waals surface area contributed by atoms with Gasteiger partial charge in [-0.1, -0.05) is 23.7 Å². The molecule has 1 saturated heterocycles. The van der Waals surface area contributed by atoms with Crippen molar-refractivity contribution < 1.29 is 17.5 Å². The van der Waals surface area contributed by atoms with Gasteiger partial charge in [0.05, 0.1) is 7.11 Å². The van der Waals surface area contributed by atoms with Crippen LogP contribution in [0.2, 0.25) is 5.02 Å². The van der Waals surface area contributed by atoms with E-state index >= 15 is 0 Å². The van der Waals surface area contributed by atoms with Crippen molar-refractivity contribution in [2.75, 3.05) is 45.2 Å². The van der Waals surface area contributed by atoms with Crippen molar-refractivity contribution in [3.05, 3.63) is 58.9 Å². The van der Waals surface area contributed by atoms with Gasteiger partial charge in [-0.25, -0.2) is 4.39 Å². The van der Waals surface area contributed by atoms with Crippen molar-refractivity contribution in [2.45, 2.75) is 6.54 Å². The molecule has 0 saturated carbocycles. The lowest BCUT2D eigenvalue weighted by Crippen LogP contribution is -2.52. The van der Waals surface area contributed by atoms with Crippen molar-refractivity contribution >= 4 is 27.5 Å². The van der Waals surface area contributed by atoms with Gasteiger partial charge in [0.15, 0.2) is 0 Å². The molecule has 0 aromatic heterocycles. The fourth-order valence-corrected chi connectivity index (χ4v) is 4.70. The summed E-state index contributed by atoms with van der Waals surface area (Å²) in [4.78, 5) is 2.11. The Morgan fingerprint density at radius 1 is 1.14 bits per heavy atom. The Hall–Kier alpha value is -1.87. The molecule has 0 aliphatic carbocycles. The van der Waals surface area contributed by atoms with Crippen LogP contribution in [0.5, 0.6) is 5.75 Å². The summed E-state index contributed by atoms with van der Waals surface area (Å²) in [5.41, 5.74) is 1.16. The highest BCUT2D eigenvalue weighted by atomic mass is 35.5. The zero-order valence-corrected chi connectivity index (χ0v) is 17.4. The second-order valence-electron chi connectivity index (χ2n) is 6.55. The lowest BCUT2D eigenvalue weighted by atomic mass is 10.2. The zero-order valence-electron chi connectivity index (χ0n) is 15.8. The summed E-state index contributed by atoms with van der Waals surface area (Å²) in [7, 11) is -0.673. The molecule has 2 aromatic carbocycles. The van der Waals surface area contributed by atoms with Gasteiger partial charge in [0.2, 0.25) is 0 Å². The third kappa shape index (κ3) is 4.41. The molecule has 0 spiro atoms. The molecule has 9 heteroatoms. The Bertz CT molecular complexity index is 914. The summed E-state index contributed by atoms with van der Waals surface area (Å²) < 4.78 is 47.6. The first-order chi connectivity index (χ1) is 13.3. The van der Waals surface area contributed by atoms with E-state index in [-0.39, 0.29) is 17.1 Å². The Balaban J connectivity index is 1.67. The number of halogens is 2. The summed E-state index contributed by atoms with van der Waals surface area (Å²) in [6, 6.07) is 12.0. The summed E-state index contributed by atoms with van der Waals surface area (Å²) in [5, 5.41) is 0.213. The number of methoxy groups -OCH3 is 1. The average molecular weight is 428 g/mol. The van der Waals surface area contributed by atoms with Crippen LogP contribution in [0.25, 0.3) is 0 Å². The van der Waals surface area contributed by atoms with E-state index < -0.39 is 16.0 Å². The quantitative estimate of drug-likeness (QED) is 0.711. The molecule has 2 aromatic rings. The number of piperazine rings is 1. The number of hydrogen-bond acceptors (Lipinski definition) is 4. The Labute approximate surface area is 170 Å². The second kappa shape index (κ2) is 8.65. The highest BCUT2D eigenvalue weighted by molar-refractivity contribution is 7.86. The molecule has 0 N–H and O–H groups in total. The van der Waals surface area contributed by atoms with Crippen LogP contribution in [0.3, 0.4) is 0 Å². The first kappa shape index (κ1) is 20.9. The van der Waals surface area contributed by atoms with Gasteiger partial charge in [-0.05, 0) is 24.3 Å². The third-order valence-electron chi connectivity index (χ3n) is 4.82. The number of anilines is 1. The molecule has 28 heavy (non-hydrogen) atoms. The highest BCUT2D eigenvalue weighted by Crippen LogP contribution is 2.25. The van der Waals surface area contributed by atoms with E-state index in [1.54, 1.807) is 13.2 Å². The van der Waals surface area contributed by atoms with Crippen LogP contribution < -0.4 is 9.64 Å². The molecule has 1 aliphatic rings. The van der Waals surface area contributed by atoms with Crippen molar-refractivity contribution in [1.82, 2.24) is 8.61 Å². The number of ether oxygens (including phenoxy) is 1. The zero-order chi connectivity index (χ0) is 20.3. The molecule has 0 atom stereocenters. The predicted octanol–water partition coefficient (Wildman–Crippen LogP) is 2.99. The highest BCUT2D eigenvalue weighted by Gasteiger charge is 2.31. The van der Waals surface area contributed by atoms with Gasteiger partial charge in [0, 0.05) is 62.1 Å². The summed E-state index contributed by atoms with van der Waals surface area (Å²) in [6.07, 6.45) is 0. The molecule has 0 radical (unpaired) electrons. The maximum absolute atomic E-state index is 14.0. The lowest BCUT2D eigenvalue weighted by molar-refractivity contribution is 0.339. The molecule has 152 valence electrons. The van der Waals surface area contributed by atoms with E-state index in [2.05, 4.69) is 4.90 Å². The first-order valence-corrected chi connectivity index (χ1v) is 10.6. The minimum Gasteiger partial charge on any atom is -0.497 e. The predicted molar refractivity (Wildman–Crippen MR) is 109 cm³/mol. The smallest absolute Gasteiger partial charge is 0.282 e. The fourth-order valence-electron chi connectivity index (χ4n) is 3.17. The van der Waals surface area contributed by atoms with E-state index in [1.165, 1.54) is 23.5 Å². The molecule has 0 amide bonds. The molecule has 0 unspecified atom stereocenters. The average Bonchev–Trinajstić information content (AvgIpc) is 2.70. The van der Waals surface area contributed by atoms with E-state index in [1.807, 2.05) is 24.3 Å². The minimum absolute atomic E-state index is 0.121. The third-order valence-corrected chi connectivity index (χ3v) is 7.11. The number of benzene rings is 2. The topological polar surface area (TPSA) is 53.1 Å². The van der Waals surface area contributed by atoms with Crippen LogP contribution in [0.4, 0.5) is 10.1 Å². The Morgan fingerprint density at radius 3 is 2.46 bits per heavy atom. The molecular formula is C19H23ClFN3O3S. The van der Waals surface area contributed by atoms with Crippen molar-refractivity contribution in [3.63, 3.8) is 0 Å². The van der Waals surface area contributed by atoms with E-state index in [9.17, 15) is 12.8 Å². The monoisotopic (exact) mass is 427 g/mol. The molecule has 1 aliphatic heterocycles. The summed E-state index contributed by atoms with van der Waals surface area (Å²) in [5.74, 6) is 0.242. The summed E-state index contributed by atoms with van der Waals surface area (Å²) >= 11 is 6.03. The number of hydrogen-bond donors (Lipinski definition) is 0. The van der Waals surface area contributed by atoms with Crippen LogP contribution in [-0.2, 0) is 16.8 Å². The standard InChI is InChI=1S/C19H23ClFN3O3S/c1-22(14-17-18(20)7-4-8-19(17)21)28(25,26)24-11-9-23(10-12-24)15-5-3-6-16(13-15)27-2/h3-8,13H,9-12,14H2,1-2H3. The lowest BCUT2D eigenvalue weighted by Gasteiger charge is -2.37. The number of rotatable bonds is 6. The van der Waals surface area contributed by atoms with Gasteiger partial charge in [-0.15, -0.1) is 0 Å². The Kier molecular flexibility index (Phi) is 6.44. The fraction of sp³-hybridized carbons (Fsp3) is 0.368. The normalized spacial score (nSPS) is 15.8. The van der Waals surface area contributed by atoms with E-state index in [0.29, 0.717) is 26.2 Å². The van der Waals surface area contributed by atoms with Gasteiger partial charge in [-0.3, -0.25) is 0 Å². The molecular weight excluding hydrogens is 405 g/mol. The van der Waals surface area contributed by atoms with Gasteiger partial charge in [0.1, 0.15) is 11.6 Å². The maximum atomic E-state index is 14.0. The van der Waals surface area contributed by atoms with Crippen molar-refractivity contribution in [2.24, 2.45) is 0 Å². The molecule has 1 heterocycles.